The van der Waals surface area contributed by atoms with Crippen LogP contribution in [-0.4, -0.2) is 31.1 Å². The van der Waals surface area contributed by atoms with Crippen molar-refractivity contribution in [2.45, 2.75) is 19.4 Å². The van der Waals surface area contributed by atoms with Gasteiger partial charge >= 0.3 is 0 Å². The van der Waals surface area contributed by atoms with Crippen LogP contribution in [-0.2, 0) is 5.54 Å². The molecule has 0 fully saturated rings. The Balaban J connectivity index is 2.23. The van der Waals surface area contributed by atoms with Gasteiger partial charge in [0.25, 0.3) is 0 Å². The van der Waals surface area contributed by atoms with E-state index in [4.69, 9.17) is 10.5 Å². The first-order valence-corrected chi connectivity index (χ1v) is 5.85. The molecule has 4 nitrogen and oxygen atoms in total. The van der Waals surface area contributed by atoms with Crippen LogP contribution in [0.25, 0.3) is 0 Å². The fourth-order valence-corrected chi connectivity index (χ4v) is 2.06. The van der Waals surface area contributed by atoms with Crippen molar-refractivity contribution < 1.29 is 4.74 Å². The topological polar surface area (TPSA) is 50.9 Å². The standard InChI is InChI=1S/C13H19N3O/c1-4-17-11-7-5-10(6-8-11)13(2)9-15-12(14)16(13)3/h5-8H,4,9H2,1-3H3,(H2,14,15). The van der Waals surface area contributed by atoms with Crippen molar-refractivity contribution in [3.05, 3.63) is 29.8 Å². The van der Waals surface area contributed by atoms with Crippen molar-refractivity contribution in [2.75, 3.05) is 20.2 Å². The number of nitrogens with zero attached hydrogens (tertiary/aromatic N) is 2. The second kappa shape index (κ2) is 4.28. The summed E-state index contributed by atoms with van der Waals surface area (Å²) in [5, 5.41) is 0. The number of hydrogen-bond donors (Lipinski definition) is 1. The van der Waals surface area contributed by atoms with Crippen LogP contribution in [0.4, 0.5) is 0 Å². The van der Waals surface area contributed by atoms with Crippen molar-refractivity contribution in [2.24, 2.45) is 10.7 Å². The number of benzene rings is 1. The summed E-state index contributed by atoms with van der Waals surface area (Å²) in [7, 11) is 1.97. The highest BCUT2D eigenvalue weighted by Gasteiger charge is 2.36. The lowest BCUT2D eigenvalue weighted by Crippen LogP contribution is -2.44. The zero-order valence-corrected chi connectivity index (χ0v) is 10.6. The van der Waals surface area contributed by atoms with Gasteiger partial charge in [-0.05, 0) is 31.5 Å². The highest BCUT2D eigenvalue weighted by Crippen LogP contribution is 2.32. The molecule has 1 heterocycles. The second-order valence-electron chi connectivity index (χ2n) is 4.46. The fraction of sp³-hybridized carbons (Fsp3) is 0.462. The van der Waals surface area contributed by atoms with Gasteiger partial charge in [-0.15, -0.1) is 0 Å². The summed E-state index contributed by atoms with van der Waals surface area (Å²) in [4.78, 5) is 6.31. The molecule has 1 aliphatic heterocycles. The molecule has 0 saturated carbocycles. The van der Waals surface area contributed by atoms with E-state index in [9.17, 15) is 0 Å². The Bertz CT molecular complexity index is 427. The Morgan fingerprint density at radius 3 is 2.53 bits per heavy atom. The van der Waals surface area contributed by atoms with Crippen LogP contribution < -0.4 is 10.5 Å². The molecule has 4 heteroatoms. The Kier molecular flexibility index (Phi) is 2.96. The first-order chi connectivity index (χ1) is 8.08. The van der Waals surface area contributed by atoms with Gasteiger partial charge in [-0.3, -0.25) is 4.99 Å². The maximum Gasteiger partial charge on any atom is 0.191 e. The van der Waals surface area contributed by atoms with Gasteiger partial charge in [0, 0.05) is 7.05 Å². The van der Waals surface area contributed by atoms with Gasteiger partial charge in [-0.25, -0.2) is 0 Å². The SMILES string of the molecule is CCOc1ccc(C2(C)CN=C(N)N2C)cc1. The molecule has 92 valence electrons. The van der Waals surface area contributed by atoms with E-state index in [0.29, 0.717) is 19.1 Å². The van der Waals surface area contributed by atoms with Crippen LogP contribution in [0.2, 0.25) is 0 Å². The summed E-state index contributed by atoms with van der Waals surface area (Å²) < 4.78 is 5.44. The largest absolute Gasteiger partial charge is 0.494 e. The number of rotatable bonds is 3. The predicted molar refractivity (Wildman–Crippen MR) is 69.2 cm³/mol. The van der Waals surface area contributed by atoms with Crippen LogP contribution >= 0.6 is 0 Å². The Morgan fingerprint density at radius 1 is 1.41 bits per heavy atom. The third-order valence-electron chi connectivity index (χ3n) is 3.42. The smallest absolute Gasteiger partial charge is 0.191 e. The summed E-state index contributed by atoms with van der Waals surface area (Å²) in [5.74, 6) is 1.50. The summed E-state index contributed by atoms with van der Waals surface area (Å²) in [6.45, 7) is 5.51. The third-order valence-corrected chi connectivity index (χ3v) is 3.42. The average Bonchev–Trinajstić information content (AvgIpc) is 2.60. The van der Waals surface area contributed by atoms with Crippen molar-refractivity contribution in [1.29, 1.82) is 0 Å². The molecular weight excluding hydrogens is 214 g/mol. The number of nitrogens with two attached hydrogens (primary N) is 1. The summed E-state index contributed by atoms with van der Waals surface area (Å²) in [6, 6.07) is 8.14. The van der Waals surface area contributed by atoms with E-state index < -0.39 is 0 Å². The molecule has 1 aromatic rings. The van der Waals surface area contributed by atoms with E-state index in [1.54, 1.807) is 0 Å². The van der Waals surface area contributed by atoms with Crippen LogP contribution in [0.1, 0.15) is 19.4 Å². The molecule has 0 saturated heterocycles. The first kappa shape index (κ1) is 11.8. The van der Waals surface area contributed by atoms with Crippen LogP contribution in [0.15, 0.2) is 29.3 Å². The minimum absolute atomic E-state index is 0.144. The normalized spacial score (nSPS) is 23.7. The maximum absolute atomic E-state index is 5.82. The molecule has 2 rings (SSSR count). The molecule has 0 radical (unpaired) electrons. The number of guanidine groups is 1. The predicted octanol–water partition coefficient (Wildman–Crippen LogP) is 1.56. The molecular formula is C13H19N3O. The first-order valence-electron chi connectivity index (χ1n) is 5.85. The quantitative estimate of drug-likeness (QED) is 0.862. The van der Waals surface area contributed by atoms with Crippen LogP contribution in [0.5, 0.6) is 5.75 Å². The zero-order valence-electron chi connectivity index (χ0n) is 10.6. The number of hydrogen-bond acceptors (Lipinski definition) is 4. The van der Waals surface area contributed by atoms with Gasteiger partial charge in [-0.1, -0.05) is 12.1 Å². The zero-order chi connectivity index (χ0) is 12.5. The highest BCUT2D eigenvalue weighted by molar-refractivity contribution is 5.81. The molecule has 1 aliphatic rings. The number of likely N-dealkylation sites (N-methyl/N-ethyl adjacent to an activating group) is 1. The number of ether oxygens (including phenoxy) is 1. The van der Waals surface area contributed by atoms with Crippen molar-refractivity contribution in [1.82, 2.24) is 4.90 Å². The minimum atomic E-state index is -0.144. The van der Waals surface area contributed by atoms with Crippen molar-refractivity contribution in [3.8, 4) is 5.75 Å². The molecule has 1 unspecified atom stereocenters. The second-order valence-corrected chi connectivity index (χ2v) is 4.46. The maximum atomic E-state index is 5.82. The van der Waals surface area contributed by atoms with Gasteiger partial charge in [0.05, 0.1) is 18.7 Å². The molecule has 17 heavy (non-hydrogen) atoms. The lowest BCUT2D eigenvalue weighted by Gasteiger charge is -2.33. The monoisotopic (exact) mass is 233 g/mol. The molecule has 1 atom stereocenters. The Morgan fingerprint density at radius 2 is 2.06 bits per heavy atom. The van der Waals surface area contributed by atoms with Crippen molar-refractivity contribution >= 4 is 5.96 Å². The van der Waals surface area contributed by atoms with E-state index in [2.05, 4.69) is 24.0 Å². The van der Waals surface area contributed by atoms with E-state index in [-0.39, 0.29) is 5.54 Å². The molecule has 0 aliphatic carbocycles. The summed E-state index contributed by atoms with van der Waals surface area (Å²) in [6.07, 6.45) is 0. The lowest BCUT2D eigenvalue weighted by atomic mass is 9.91. The van der Waals surface area contributed by atoms with Crippen LogP contribution in [0.3, 0.4) is 0 Å². The van der Waals surface area contributed by atoms with Gasteiger partial charge in [0.1, 0.15) is 5.75 Å². The molecule has 0 aromatic heterocycles. The van der Waals surface area contributed by atoms with E-state index in [1.807, 2.05) is 31.0 Å². The van der Waals surface area contributed by atoms with E-state index in [1.165, 1.54) is 5.56 Å². The van der Waals surface area contributed by atoms with Gasteiger partial charge in [-0.2, -0.15) is 0 Å². The highest BCUT2D eigenvalue weighted by atomic mass is 16.5. The average molecular weight is 233 g/mol. The Labute approximate surface area is 102 Å². The molecule has 2 N–H and O–H groups in total. The lowest BCUT2D eigenvalue weighted by molar-refractivity contribution is 0.267. The van der Waals surface area contributed by atoms with Gasteiger partial charge in [0.15, 0.2) is 5.96 Å². The minimum Gasteiger partial charge on any atom is -0.494 e. The van der Waals surface area contributed by atoms with Gasteiger partial charge in [0.2, 0.25) is 0 Å². The number of aliphatic imine (C=N–C) groups is 1. The molecule has 1 aromatic carbocycles. The third kappa shape index (κ3) is 1.95. The molecule has 0 bridgehead atoms. The Hall–Kier alpha value is -1.71. The van der Waals surface area contributed by atoms with E-state index in [0.717, 1.165) is 5.75 Å². The molecule has 0 spiro atoms. The van der Waals surface area contributed by atoms with Crippen molar-refractivity contribution in [3.63, 3.8) is 0 Å². The fourth-order valence-electron chi connectivity index (χ4n) is 2.06. The summed E-state index contributed by atoms with van der Waals surface area (Å²) in [5.41, 5.74) is 6.88. The summed E-state index contributed by atoms with van der Waals surface area (Å²) >= 11 is 0. The van der Waals surface area contributed by atoms with E-state index >= 15 is 0 Å². The van der Waals surface area contributed by atoms with Crippen LogP contribution in [0, 0.1) is 0 Å². The molecule has 0 amide bonds. The van der Waals surface area contributed by atoms with Gasteiger partial charge < -0.3 is 15.4 Å².